The highest BCUT2D eigenvalue weighted by atomic mass is 32.1. The number of hydrogen-bond acceptors (Lipinski definition) is 5. The van der Waals surface area contributed by atoms with Gasteiger partial charge in [-0.15, -0.1) is 11.3 Å². The lowest BCUT2D eigenvalue weighted by Crippen LogP contribution is -2.00. The maximum Gasteiger partial charge on any atom is 0.164 e. The van der Waals surface area contributed by atoms with Crippen LogP contribution < -0.4 is 0 Å². The zero-order valence-electron chi connectivity index (χ0n) is 30.1. The molecule has 0 unspecified atom stereocenters. The Hall–Kier alpha value is -7.21. The van der Waals surface area contributed by atoms with Gasteiger partial charge in [-0.3, -0.25) is 0 Å². The van der Waals surface area contributed by atoms with E-state index in [1.54, 1.807) is 0 Å². The van der Waals surface area contributed by atoms with Crippen LogP contribution in [0.5, 0.6) is 0 Å². The van der Waals surface area contributed by atoms with E-state index in [1.807, 2.05) is 47.7 Å². The summed E-state index contributed by atoms with van der Waals surface area (Å²) in [6.07, 6.45) is 0. The Kier molecular flexibility index (Phi) is 7.64. The zero-order chi connectivity index (χ0) is 37.0. The van der Waals surface area contributed by atoms with Crippen molar-refractivity contribution in [3.05, 3.63) is 188 Å². The molecule has 0 aliphatic rings. The summed E-state index contributed by atoms with van der Waals surface area (Å²) in [4.78, 5) is 14.9. The average Bonchev–Trinajstić information content (AvgIpc) is 3.84. The Morgan fingerprint density at radius 3 is 1.59 bits per heavy atom. The predicted octanol–water partition coefficient (Wildman–Crippen LogP) is 14.1. The molecule has 56 heavy (non-hydrogen) atoms. The molecule has 262 valence electrons. The minimum Gasteiger partial charge on any atom is -0.456 e. The van der Waals surface area contributed by atoms with Gasteiger partial charge in [0, 0.05) is 47.6 Å². The second kappa shape index (κ2) is 13.3. The van der Waals surface area contributed by atoms with Crippen molar-refractivity contribution in [3.63, 3.8) is 0 Å². The van der Waals surface area contributed by atoms with E-state index in [9.17, 15) is 0 Å². The summed E-state index contributed by atoms with van der Waals surface area (Å²) < 4.78 is 9.06. The first-order valence-corrected chi connectivity index (χ1v) is 19.5. The lowest BCUT2D eigenvalue weighted by atomic mass is 9.97. The normalized spacial score (nSPS) is 11.6. The van der Waals surface area contributed by atoms with Gasteiger partial charge >= 0.3 is 0 Å². The largest absolute Gasteiger partial charge is 0.456 e. The molecule has 0 saturated carbocycles. The number of rotatable bonds is 6. The molecule has 0 fully saturated rings. The maximum absolute atomic E-state index is 6.49. The van der Waals surface area contributed by atoms with Crippen molar-refractivity contribution >= 4 is 53.4 Å². The SMILES string of the molecule is c1ccc(-c2ccc(-c3nc(-c4ccccc4)nc(-c4ccc5c(c4)oc4ccc(-c6ccc7c(c6)sc6cccc(-c8ccccc8)c67)cc45)n3)cc2)cc1. The third kappa shape index (κ3) is 5.65. The highest BCUT2D eigenvalue weighted by molar-refractivity contribution is 7.26. The van der Waals surface area contributed by atoms with E-state index < -0.39 is 0 Å². The van der Waals surface area contributed by atoms with E-state index >= 15 is 0 Å². The Morgan fingerprint density at radius 2 is 0.857 bits per heavy atom. The van der Waals surface area contributed by atoms with Crippen LogP contribution in [-0.4, -0.2) is 15.0 Å². The van der Waals surface area contributed by atoms with Crippen LogP contribution in [-0.2, 0) is 0 Å². The minimum atomic E-state index is 0.594. The molecule has 0 aliphatic carbocycles. The summed E-state index contributed by atoms with van der Waals surface area (Å²) in [6, 6.07) is 65.7. The van der Waals surface area contributed by atoms with Gasteiger partial charge < -0.3 is 4.42 Å². The number of aromatic nitrogens is 3. The van der Waals surface area contributed by atoms with E-state index in [2.05, 4.69) is 152 Å². The molecule has 0 amide bonds. The van der Waals surface area contributed by atoms with Crippen molar-refractivity contribution < 1.29 is 4.42 Å². The van der Waals surface area contributed by atoms with Gasteiger partial charge in [-0.25, -0.2) is 15.0 Å². The molecular formula is C51H31N3OS. The van der Waals surface area contributed by atoms with Gasteiger partial charge in [-0.2, -0.15) is 0 Å². The molecule has 3 aromatic heterocycles. The van der Waals surface area contributed by atoms with Gasteiger partial charge in [0.1, 0.15) is 11.2 Å². The quantitative estimate of drug-likeness (QED) is 0.171. The van der Waals surface area contributed by atoms with Crippen LogP contribution in [0.2, 0.25) is 0 Å². The Bertz CT molecular complexity index is 3230. The van der Waals surface area contributed by atoms with E-state index in [-0.39, 0.29) is 0 Å². The first-order valence-electron chi connectivity index (χ1n) is 18.7. The average molecular weight is 734 g/mol. The molecule has 0 bridgehead atoms. The number of nitrogens with zero attached hydrogens (tertiary/aromatic N) is 3. The Labute approximate surface area is 327 Å². The van der Waals surface area contributed by atoms with Crippen LogP contribution in [0, 0.1) is 0 Å². The number of hydrogen-bond donors (Lipinski definition) is 0. The predicted molar refractivity (Wildman–Crippen MR) is 233 cm³/mol. The van der Waals surface area contributed by atoms with Crippen LogP contribution in [0.3, 0.4) is 0 Å². The van der Waals surface area contributed by atoms with Gasteiger partial charge in [-0.1, -0.05) is 152 Å². The highest BCUT2D eigenvalue weighted by Gasteiger charge is 2.17. The second-order valence-corrected chi connectivity index (χ2v) is 15.1. The Balaban J connectivity index is 0.970. The van der Waals surface area contributed by atoms with Crippen molar-refractivity contribution in [2.24, 2.45) is 0 Å². The minimum absolute atomic E-state index is 0.594. The van der Waals surface area contributed by atoms with Crippen molar-refractivity contribution in [3.8, 4) is 67.5 Å². The summed E-state index contributed by atoms with van der Waals surface area (Å²) in [5.41, 5.74) is 11.5. The molecule has 0 spiro atoms. The monoisotopic (exact) mass is 733 g/mol. The number of benzene rings is 8. The third-order valence-corrected chi connectivity index (χ3v) is 11.7. The van der Waals surface area contributed by atoms with Gasteiger partial charge in [-0.05, 0) is 69.8 Å². The summed E-state index contributed by atoms with van der Waals surface area (Å²) in [6.45, 7) is 0. The van der Waals surface area contributed by atoms with Gasteiger partial charge in [0.05, 0.1) is 0 Å². The lowest BCUT2D eigenvalue weighted by molar-refractivity contribution is 0.669. The number of thiophene rings is 1. The molecule has 11 aromatic rings. The molecule has 0 radical (unpaired) electrons. The van der Waals surface area contributed by atoms with Gasteiger partial charge in [0.25, 0.3) is 0 Å². The fourth-order valence-electron chi connectivity index (χ4n) is 7.75. The summed E-state index contributed by atoms with van der Waals surface area (Å²) in [5.74, 6) is 1.84. The fraction of sp³-hybridized carbons (Fsp3) is 0. The van der Waals surface area contributed by atoms with Crippen LogP contribution in [0.1, 0.15) is 0 Å². The van der Waals surface area contributed by atoms with Crippen molar-refractivity contribution in [2.75, 3.05) is 0 Å². The van der Waals surface area contributed by atoms with E-state index in [0.717, 1.165) is 49.8 Å². The molecule has 0 N–H and O–H groups in total. The number of fused-ring (bicyclic) bond motifs is 6. The molecule has 0 aliphatic heterocycles. The second-order valence-electron chi connectivity index (χ2n) is 14.0. The third-order valence-electron chi connectivity index (χ3n) is 10.6. The molecule has 3 heterocycles. The molecular weight excluding hydrogens is 703 g/mol. The lowest BCUT2D eigenvalue weighted by Gasteiger charge is -2.09. The number of furan rings is 1. The summed E-state index contributed by atoms with van der Waals surface area (Å²) in [5, 5.41) is 4.73. The van der Waals surface area contributed by atoms with Gasteiger partial charge in [0.2, 0.25) is 0 Å². The fourth-order valence-corrected chi connectivity index (χ4v) is 8.92. The molecule has 0 atom stereocenters. The molecule has 4 nitrogen and oxygen atoms in total. The first-order chi connectivity index (χ1) is 27.7. The standard InChI is InChI=1S/C51H31N3OS/c1-4-11-32(12-5-1)33-19-21-36(22-20-33)50-52-49(35-15-8-3-9-16-35)53-51(54-50)39-24-26-41-43-29-37(25-28-44(43)55-45(41)30-39)38-23-27-42-47(31-38)56-46-18-10-17-40(48(42)46)34-13-6-2-7-14-34/h1-31H. The highest BCUT2D eigenvalue weighted by Crippen LogP contribution is 2.42. The van der Waals surface area contributed by atoms with Crippen LogP contribution in [0.15, 0.2) is 192 Å². The summed E-state index contributed by atoms with van der Waals surface area (Å²) >= 11 is 1.85. The topological polar surface area (TPSA) is 51.8 Å². The molecule has 11 rings (SSSR count). The molecule has 0 saturated heterocycles. The smallest absolute Gasteiger partial charge is 0.164 e. The van der Waals surface area contributed by atoms with Crippen LogP contribution in [0.25, 0.3) is 110 Å². The van der Waals surface area contributed by atoms with Gasteiger partial charge in [0.15, 0.2) is 17.5 Å². The van der Waals surface area contributed by atoms with Crippen molar-refractivity contribution in [1.29, 1.82) is 0 Å². The Morgan fingerprint density at radius 1 is 0.321 bits per heavy atom. The van der Waals surface area contributed by atoms with Crippen molar-refractivity contribution in [1.82, 2.24) is 15.0 Å². The van der Waals surface area contributed by atoms with E-state index in [1.165, 1.54) is 42.4 Å². The molecule has 5 heteroatoms. The van der Waals surface area contributed by atoms with E-state index in [4.69, 9.17) is 19.4 Å². The first kappa shape index (κ1) is 32.2. The van der Waals surface area contributed by atoms with Crippen LogP contribution in [0.4, 0.5) is 0 Å². The van der Waals surface area contributed by atoms with Crippen LogP contribution >= 0.6 is 11.3 Å². The van der Waals surface area contributed by atoms with Crippen molar-refractivity contribution in [2.45, 2.75) is 0 Å². The summed E-state index contributed by atoms with van der Waals surface area (Å²) in [7, 11) is 0. The maximum atomic E-state index is 6.49. The zero-order valence-corrected chi connectivity index (χ0v) is 30.9. The van der Waals surface area contributed by atoms with E-state index in [0.29, 0.717) is 17.5 Å². The molecule has 8 aromatic carbocycles.